The van der Waals surface area contributed by atoms with E-state index in [4.69, 9.17) is 4.52 Å². The first-order valence-electron chi connectivity index (χ1n) is 7.22. The zero-order chi connectivity index (χ0) is 16.4. The Morgan fingerprint density at radius 1 is 1.22 bits per heavy atom. The fourth-order valence-electron chi connectivity index (χ4n) is 2.10. The molecule has 2 heterocycles. The lowest BCUT2D eigenvalue weighted by Crippen LogP contribution is -2.13. The summed E-state index contributed by atoms with van der Waals surface area (Å²) in [5.74, 6) is 0.429. The molecule has 6 nitrogen and oxygen atoms in total. The zero-order valence-electron chi connectivity index (χ0n) is 13.0. The number of rotatable bonds is 4. The number of aryl methyl sites for hydroxylation is 1. The maximum atomic E-state index is 12.6. The molecule has 0 aliphatic carbocycles. The molecule has 23 heavy (non-hydrogen) atoms. The molecule has 2 aromatic heterocycles. The molecule has 0 unspecified atom stereocenters. The molecule has 7 heteroatoms. The Bertz CT molecular complexity index is 824. The minimum atomic E-state index is -0.297. The van der Waals surface area contributed by atoms with Crippen molar-refractivity contribution >= 4 is 22.4 Å². The minimum absolute atomic E-state index is 0.273. The third kappa shape index (κ3) is 3.14. The summed E-state index contributed by atoms with van der Waals surface area (Å²) in [6.45, 7) is 5.80. The highest BCUT2D eigenvalue weighted by molar-refractivity contribution is 7.15. The first kappa shape index (κ1) is 15.4. The van der Waals surface area contributed by atoms with Gasteiger partial charge in [-0.2, -0.15) is 0 Å². The maximum Gasteiger partial charge on any atom is 0.263 e. The molecule has 0 aliphatic rings. The second-order valence-corrected chi connectivity index (χ2v) is 6.40. The smallest absolute Gasteiger partial charge is 0.263 e. The number of amides is 1. The number of nitrogens with zero attached hydrogens (tertiary/aromatic N) is 3. The third-order valence-electron chi connectivity index (χ3n) is 3.28. The highest BCUT2D eigenvalue weighted by Crippen LogP contribution is 2.28. The van der Waals surface area contributed by atoms with Crippen LogP contribution in [0.5, 0.6) is 0 Å². The average Bonchev–Trinajstić information content (AvgIpc) is 3.15. The number of carbonyl (C=O) groups is 1. The van der Waals surface area contributed by atoms with E-state index in [1.165, 1.54) is 11.3 Å². The van der Waals surface area contributed by atoms with Gasteiger partial charge in [0.1, 0.15) is 10.6 Å². The summed E-state index contributed by atoms with van der Waals surface area (Å²) in [6, 6.07) is 9.42. The van der Waals surface area contributed by atoms with Crippen molar-refractivity contribution in [3.05, 3.63) is 46.6 Å². The van der Waals surface area contributed by atoms with E-state index >= 15 is 0 Å². The van der Waals surface area contributed by atoms with Crippen LogP contribution in [-0.4, -0.2) is 21.3 Å². The SMILES string of the molecule is Cc1noc(-c2ccccc2)c1C(=O)Nc1nnc(C(C)C)s1. The van der Waals surface area contributed by atoms with Gasteiger partial charge in [0, 0.05) is 11.5 Å². The van der Waals surface area contributed by atoms with E-state index < -0.39 is 0 Å². The molecule has 3 aromatic rings. The molecular formula is C16H16N4O2S. The predicted octanol–water partition coefficient (Wildman–Crippen LogP) is 3.88. The summed E-state index contributed by atoms with van der Waals surface area (Å²) < 4.78 is 5.34. The van der Waals surface area contributed by atoms with Gasteiger partial charge in [-0.25, -0.2) is 0 Å². The fourth-order valence-corrected chi connectivity index (χ4v) is 2.84. The van der Waals surface area contributed by atoms with Crippen LogP contribution >= 0.6 is 11.3 Å². The third-order valence-corrected chi connectivity index (χ3v) is 4.42. The first-order valence-corrected chi connectivity index (χ1v) is 8.04. The minimum Gasteiger partial charge on any atom is -0.355 e. The van der Waals surface area contributed by atoms with Crippen molar-refractivity contribution in [1.82, 2.24) is 15.4 Å². The first-order chi connectivity index (χ1) is 11.1. The molecule has 3 rings (SSSR count). The maximum absolute atomic E-state index is 12.6. The van der Waals surface area contributed by atoms with Crippen LogP contribution in [0.1, 0.15) is 40.8 Å². The summed E-state index contributed by atoms with van der Waals surface area (Å²) in [5, 5.41) is 16.1. The van der Waals surface area contributed by atoms with Crippen LogP contribution in [-0.2, 0) is 0 Å². The molecule has 0 saturated carbocycles. The average molecular weight is 328 g/mol. The molecule has 0 fully saturated rings. The number of anilines is 1. The Balaban J connectivity index is 1.89. The van der Waals surface area contributed by atoms with Crippen LogP contribution in [0.25, 0.3) is 11.3 Å². The molecule has 0 spiro atoms. The lowest BCUT2D eigenvalue weighted by atomic mass is 10.1. The number of carbonyl (C=O) groups excluding carboxylic acids is 1. The van der Waals surface area contributed by atoms with Gasteiger partial charge in [0.2, 0.25) is 5.13 Å². The van der Waals surface area contributed by atoms with Crippen molar-refractivity contribution in [2.45, 2.75) is 26.7 Å². The van der Waals surface area contributed by atoms with Crippen LogP contribution in [0.15, 0.2) is 34.9 Å². The second-order valence-electron chi connectivity index (χ2n) is 5.39. The zero-order valence-corrected chi connectivity index (χ0v) is 13.8. The van der Waals surface area contributed by atoms with Crippen LogP contribution in [0, 0.1) is 6.92 Å². The van der Waals surface area contributed by atoms with E-state index in [9.17, 15) is 4.79 Å². The number of aromatic nitrogens is 3. The monoisotopic (exact) mass is 328 g/mol. The van der Waals surface area contributed by atoms with E-state index in [-0.39, 0.29) is 11.8 Å². The van der Waals surface area contributed by atoms with Crippen molar-refractivity contribution in [3.63, 3.8) is 0 Å². The Hall–Kier alpha value is -2.54. The van der Waals surface area contributed by atoms with E-state index in [0.717, 1.165) is 10.6 Å². The lowest BCUT2D eigenvalue weighted by Gasteiger charge is -2.02. The quantitative estimate of drug-likeness (QED) is 0.786. The highest BCUT2D eigenvalue weighted by atomic mass is 32.1. The summed E-state index contributed by atoms with van der Waals surface area (Å²) in [4.78, 5) is 12.6. The number of nitrogens with one attached hydrogen (secondary N) is 1. The van der Waals surface area contributed by atoms with Crippen molar-refractivity contribution < 1.29 is 9.32 Å². The largest absolute Gasteiger partial charge is 0.355 e. The highest BCUT2D eigenvalue weighted by Gasteiger charge is 2.23. The van der Waals surface area contributed by atoms with Gasteiger partial charge in [0.25, 0.3) is 5.91 Å². The molecule has 1 amide bonds. The molecule has 0 atom stereocenters. The normalized spacial score (nSPS) is 11.0. The van der Waals surface area contributed by atoms with Crippen LogP contribution in [0.4, 0.5) is 5.13 Å². The number of hydrogen-bond acceptors (Lipinski definition) is 6. The van der Waals surface area contributed by atoms with Crippen molar-refractivity contribution in [2.75, 3.05) is 5.32 Å². The van der Waals surface area contributed by atoms with Gasteiger partial charge in [-0.1, -0.05) is 60.7 Å². The van der Waals surface area contributed by atoms with Crippen molar-refractivity contribution in [2.24, 2.45) is 0 Å². The predicted molar refractivity (Wildman–Crippen MR) is 88.6 cm³/mol. The van der Waals surface area contributed by atoms with Gasteiger partial charge >= 0.3 is 0 Å². The molecule has 0 radical (unpaired) electrons. The Labute approximate surface area is 137 Å². The standard InChI is InChI=1S/C16H16N4O2S/c1-9(2)15-18-19-16(23-15)17-14(21)12-10(3)20-22-13(12)11-7-5-4-6-8-11/h4-9H,1-3H3,(H,17,19,21). The Kier molecular flexibility index (Phi) is 4.20. The molecule has 118 valence electrons. The van der Waals surface area contributed by atoms with Crippen LogP contribution in [0.2, 0.25) is 0 Å². The van der Waals surface area contributed by atoms with E-state index in [2.05, 4.69) is 20.7 Å². The van der Waals surface area contributed by atoms with Gasteiger partial charge in [0.05, 0.1) is 5.69 Å². The number of benzene rings is 1. The van der Waals surface area contributed by atoms with Gasteiger partial charge in [-0.15, -0.1) is 10.2 Å². The Morgan fingerprint density at radius 2 is 1.96 bits per heavy atom. The summed E-state index contributed by atoms with van der Waals surface area (Å²) in [5.41, 5.74) is 1.76. The van der Waals surface area contributed by atoms with Gasteiger partial charge in [-0.3, -0.25) is 10.1 Å². The van der Waals surface area contributed by atoms with E-state index in [0.29, 0.717) is 22.1 Å². The molecule has 0 saturated heterocycles. The van der Waals surface area contributed by atoms with E-state index in [1.54, 1.807) is 6.92 Å². The van der Waals surface area contributed by atoms with Crippen LogP contribution in [0.3, 0.4) is 0 Å². The molecule has 1 N–H and O–H groups in total. The fraction of sp³-hybridized carbons (Fsp3) is 0.250. The molecule has 0 aliphatic heterocycles. The van der Waals surface area contributed by atoms with Gasteiger partial charge in [-0.05, 0) is 6.92 Å². The Morgan fingerprint density at radius 3 is 2.61 bits per heavy atom. The van der Waals surface area contributed by atoms with Crippen molar-refractivity contribution in [3.8, 4) is 11.3 Å². The van der Waals surface area contributed by atoms with Crippen molar-refractivity contribution in [1.29, 1.82) is 0 Å². The second kappa shape index (κ2) is 6.29. The summed E-state index contributed by atoms with van der Waals surface area (Å²) in [6.07, 6.45) is 0. The van der Waals surface area contributed by atoms with Gasteiger partial charge < -0.3 is 4.52 Å². The number of hydrogen-bond donors (Lipinski definition) is 1. The van der Waals surface area contributed by atoms with E-state index in [1.807, 2.05) is 44.2 Å². The molecule has 1 aromatic carbocycles. The molecular weight excluding hydrogens is 312 g/mol. The van der Waals surface area contributed by atoms with Gasteiger partial charge in [0.15, 0.2) is 5.76 Å². The molecule has 0 bridgehead atoms. The lowest BCUT2D eigenvalue weighted by molar-refractivity contribution is 0.102. The summed E-state index contributed by atoms with van der Waals surface area (Å²) in [7, 11) is 0. The summed E-state index contributed by atoms with van der Waals surface area (Å²) >= 11 is 1.37. The van der Waals surface area contributed by atoms with Crippen LogP contribution < -0.4 is 5.32 Å². The topological polar surface area (TPSA) is 80.9 Å².